The normalized spacial score (nSPS) is 7.93. The van der Waals surface area contributed by atoms with Crippen LogP contribution in [0.4, 0.5) is 5.69 Å². The van der Waals surface area contributed by atoms with Crippen LogP contribution in [-0.2, 0) is 0 Å². The largest absolute Gasteiger partial charge is 0.832 e. The molecule has 0 aliphatic rings. The van der Waals surface area contributed by atoms with Crippen molar-refractivity contribution in [2.45, 2.75) is 0 Å². The maximum Gasteiger partial charge on any atom is 0.385 e. The molecule has 0 radical (unpaired) electrons. The Morgan fingerprint density at radius 1 is 1.36 bits per heavy atom. The van der Waals surface area contributed by atoms with Crippen molar-refractivity contribution in [3.63, 3.8) is 0 Å². The van der Waals surface area contributed by atoms with Crippen molar-refractivity contribution in [1.29, 1.82) is 5.39 Å². The first-order chi connectivity index (χ1) is 6.60. The van der Waals surface area contributed by atoms with E-state index in [4.69, 9.17) is 25.2 Å². The number of methoxy groups -OCH3 is 1. The van der Waals surface area contributed by atoms with Gasteiger partial charge in [-0.1, -0.05) is 0 Å². The summed E-state index contributed by atoms with van der Waals surface area (Å²) in [4.78, 5) is 2.99. The second kappa shape index (κ2) is 6.85. The van der Waals surface area contributed by atoms with E-state index >= 15 is 0 Å². The highest BCUT2D eigenvalue weighted by Gasteiger charge is 2.01. The minimum atomic E-state index is -2.42. The summed E-state index contributed by atoms with van der Waals surface area (Å²) in [5.41, 5.74) is 0.529. The Morgan fingerprint density at radius 2 is 1.79 bits per heavy atom. The predicted molar refractivity (Wildman–Crippen MR) is 47.9 cm³/mol. The molecule has 0 saturated heterocycles. The molecule has 14 heavy (non-hydrogen) atoms. The van der Waals surface area contributed by atoms with E-state index in [9.17, 15) is 0 Å². The van der Waals surface area contributed by atoms with Gasteiger partial charge in [0, 0.05) is 12.1 Å². The lowest BCUT2D eigenvalue weighted by atomic mass is 10.3. The van der Waals surface area contributed by atoms with Crippen molar-refractivity contribution in [1.82, 2.24) is 0 Å². The van der Waals surface area contributed by atoms with Crippen LogP contribution in [0.2, 0.25) is 0 Å². The van der Waals surface area contributed by atoms with Gasteiger partial charge in [-0.25, -0.2) is 0 Å². The van der Waals surface area contributed by atoms with Gasteiger partial charge in [0.1, 0.15) is 5.75 Å². The van der Waals surface area contributed by atoms with Crippen molar-refractivity contribution in [2.75, 3.05) is 7.11 Å². The lowest BCUT2D eigenvalue weighted by Crippen LogP contribution is -2.29. The zero-order valence-corrected chi connectivity index (χ0v) is 7.49. The third-order valence-electron chi connectivity index (χ3n) is 1.19. The van der Waals surface area contributed by atoms with E-state index in [2.05, 4.69) is 4.98 Å². The molecule has 0 bridgehead atoms. The summed E-state index contributed by atoms with van der Waals surface area (Å²) >= 11 is 0. The zero-order valence-electron chi connectivity index (χ0n) is 7.49. The van der Waals surface area contributed by atoms with Gasteiger partial charge in [0.05, 0.1) is 7.11 Å². The zero-order chi connectivity index (χ0) is 11.0. The second-order valence-electron chi connectivity index (χ2n) is 2.12. The van der Waals surface area contributed by atoms with Crippen LogP contribution in [-0.4, -0.2) is 24.5 Å². The highest BCUT2D eigenvalue weighted by atomic mass is 16.5. The quantitative estimate of drug-likeness (QED) is 0.465. The first kappa shape index (κ1) is 12.4. The molecule has 0 atom stereocenters. The lowest BCUT2D eigenvalue weighted by Gasteiger charge is -1.93. The molecule has 6 nitrogen and oxygen atoms in total. The standard InChI is InChI=1S/C7H7N2O.BH2O3/c1-10-7-4-2-6(9-8)3-5-7;2-1(3)4/h2-5H,1H3;2-3H/q+1;-1. The molecule has 1 aromatic rings. The van der Waals surface area contributed by atoms with Crippen molar-refractivity contribution < 1.29 is 19.8 Å². The Balaban J connectivity index is 0.000000364. The van der Waals surface area contributed by atoms with E-state index in [0.717, 1.165) is 5.75 Å². The summed E-state index contributed by atoms with van der Waals surface area (Å²) in [6.45, 7) is 0. The van der Waals surface area contributed by atoms with Crippen LogP contribution in [0.25, 0.3) is 4.98 Å². The van der Waals surface area contributed by atoms with Crippen LogP contribution < -0.4 is 9.76 Å². The summed E-state index contributed by atoms with van der Waals surface area (Å²) in [6, 6.07) is 6.79. The van der Waals surface area contributed by atoms with Gasteiger partial charge in [-0.3, -0.25) is 0 Å². The maximum atomic E-state index is 8.64. The van der Waals surface area contributed by atoms with E-state index in [0.29, 0.717) is 5.69 Å². The van der Waals surface area contributed by atoms with Gasteiger partial charge in [0.25, 0.3) is 0 Å². The number of diazo groups is 1. The fourth-order valence-corrected chi connectivity index (χ4v) is 0.649. The molecule has 0 saturated carbocycles. The highest BCUT2D eigenvalue weighted by molar-refractivity contribution is 6.28. The van der Waals surface area contributed by atoms with Crippen LogP contribution in [0.5, 0.6) is 5.75 Å². The smallest absolute Gasteiger partial charge is 0.385 e. The van der Waals surface area contributed by atoms with Gasteiger partial charge in [0.15, 0.2) is 4.98 Å². The van der Waals surface area contributed by atoms with Crippen molar-refractivity contribution in [2.24, 2.45) is 0 Å². The Kier molecular flexibility index (Phi) is 6.06. The van der Waals surface area contributed by atoms with Crippen LogP contribution in [0.15, 0.2) is 24.3 Å². The van der Waals surface area contributed by atoms with Crippen LogP contribution >= 0.6 is 0 Å². The monoisotopic (exact) mass is 196 g/mol. The molecule has 0 aliphatic carbocycles. The average molecular weight is 196 g/mol. The fourth-order valence-electron chi connectivity index (χ4n) is 0.649. The number of rotatable bonds is 1. The minimum Gasteiger partial charge on any atom is -0.832 e. The SMILES string of the molecule is COc1ccc([N+]#N)cc1.[O-]B(O)O. The van der Waals surface area contributed by atoms with Gasteiger partial charge in [-0.15, -0.1) is 0 Å². The molecule has 0 aromatic heterocycles. The van der Waals surface area contributed by atoms with Crippen LogP contribution in [0, 0.1) is 5.39 Å². The number of ether oxygens (including phenoxy) is 1. The summed E-state index contributed by atoms with van der Waals surface area (Å²) in [7, 11) is -0.828. The Hall–Kier alpha value is -1.62. The molecule has 74 valence electrons. The minimum absolute atomic E-state index is 0.529. The van der Waals surface area contributed by atoms with Gasteiger partial charge < -0.3 is 19.8 Å². The topological polar surface area (TPSA) is 101 Å². The Morgan fingerprint density at radius 3 is 2.07 bits per heavy atom. The molecular weight excluding hydrogens is 187 g/mol. The van der Waals surface area contributed by atoms with Gasteiger partial charge in [-0.05, 0) is 12.1 Å². The first-order valence-electron chi connectivity index (χ1n) is 3.61. The summed E-state index contributed by atoms with van der Waals surface area (Å²) in [6.07, 6.45) is 0. The Bertz CT molecular complexity index is 293. The maximum absolute atomic E-state index is 8.64. The lowest BCUT2D eigenvalue weighted by molar-refractivity contribution is -0.242. The van der Waals surface area contributed by atoms with E-state index in [1.165, 1.54) is 0 Å². The summed E-state index contributed by atoms with van der Waals surface area (Å²) in [5.74, 6) is 0.757. The van der Waals surface area contributed by atoms with Crippen molar-refractivity contribution in [3.05, 3.63) is 29.2 Å². The Labute approximate surface area is 81.2 Å². The molecule has 0 fully saturated rings. The predicted octanol–water partition coefficient (Wildman–Crippen LogP) is -0.504. The van der Waals surface area contributed by atoms with Gasteiger partial charge in [0.2, 0.25) is 5.39 Å². The number of nitrogens with zero attached hydrogens (tertiary/aromatic N) is 2. The van der Waals surface area contributed by atoms with Crippen LogP contribution in [0.3, 0.4) is 0 Å². The molecule has 1 rings (SSSR count). The first-order valence-corrected chi connectivity index (χ1v) is 3.61. The number of hydrogen-bond acceptors (Lipinski definition) is 5. The molecule has 0 amide bonds. The number of benzene rings is 1. The van der Waals surface area contributed by atoms with E-state index < -0.39 is 7.32 Å². The van der Waals surface area contributed by atoms with Crippen molar-refractivity contribution in [3.8, 4) is 5.75 Å². The third kappa shape index (κ3) is 5.96. The fraction of sp³-hybridized carbons (Fsp3) is 0.143. The van der Waals surface area contributed by atoms with E-state index in [1.807, 2.05) is 0 Å². The molecule has 0 heterocycles. The van der Waals surface area contributed by atoms with E-state index in [1.54, 1.807) is 31.4 Å². The second-order valence-corrected chi connectivity index (χ2v) is 2.12. The van der Waals surface area contributed by atoms with E-state index in [-0.39, 0.29) is 0 Å². The van der Waals surface area contributed by atoms with Crippen LogP contribution in [0.1, 0.15) is 0 Å². The molecule has 0 aliphatic heterocycles. The summed E-state index contributed by atoms with van der Waals surface area (Å²) in [5, 5.41) is 31.0. The molecule has 7 heteroatoms. The van der Waals surface area contributed by atoms with Gasteiger partial charge >= 0.3 is 13.0 Å². The van der Waals surface area contributed by atoms with Crippen molar-refractivity contribution >= 4 is 13.0 Å². The average Bonchev–Trinajstić information content (AvgIpc) is 2.17. The third-order valence-corrected chi connectivity index (χ3v) is 1.19. The number of hydrogen-bond donors (Lipinski definition) is 2. The summed E-state index contributed by atoms with van der Waals surface area (Å²) < 4.78 is 4.89. The van der Waals surface area contributed by atoms with Gasteiger partial charge in [-0.2, -0.15) is 0 Å². The molecule has 0 unspecified atom stereocenters. The molecular formula is C7H9BN2O4. The molecule has 1 aromatic carbocycles. The molecule has 0 spiro atoms. The molecule has 2 N–H and O–H groups in total. The highest BCUT2D eigenvalue weighted by Crippen LogP contribution is 2.16.